The number of hydrogen-bond donors (Lipinski definition) is 1. The molecule has 0 saturated carbocycles. The molecule has 0 aromatic carbocycles. The smallest absolute Gasteiger partial charge is 0.285 e. The number of aromatic nitrogens is 4. The molecule has 29 heavy (non-hydrogen) atoms. The van der Waals surface area contributed by atoms with Crippen molar-refractivity contribution in [2.75, 3.05) is 0 Å². The standard InChI is InChI=1S/C21H19N5O3/c1-4-16-18(19(27)17-9-12(2)8-13(3)23-17)26(21(29)25-20(16)28)11-15-7-5-6-14(10-22)24-15/h5-9H,4,11H2,1-3H3,(H,25,28,29). The lowest BCUT2D eigenvalue weighted by Crippen LogP contribution is -2.38. The largest absolute Gasteiger partial charge is 0.329 e. The quantitative estimate of drug-likeness (QED) is 0.662. The Morgan fingerprint density at radius 2 is 1.97 bits per heavy atom. The fourth-order valence-corrected chi connectivity index (χ4v) is 3.22. The summed E-state index contributed by atoms with van der Waals surface area (Å²) in [4.78, 5) is 49.0. The van der Waals surface area contributed by atoms with E-state index in [-0.39, 0.29) is 35.6 Å². The Kier molecular flexibility index (Phi) is 5.50. The zero-order valence-corrected chi connectivity index (χ0v) is 16.3. The lowest BCUT2D eigenvalue weighted by Gasteiger charge is -2.15. The molecule has 146 valence electrons. The summed E-state index contributed by atoms with van der Waals surface area (Å²) in [5, 5.41) is 9.05. The second kappa shape index (κ2) is 8.02. The lowest BCUT2D eigenvalue weighted by atomic mass is 10.0. The van der Waals surface area contributed by atoms with Crippen LogP contribution in [0, 0.1) is 25.2 Å². The minimum absolute atomic E-state index is 0.0112. The Hall–Kier alpha value is -3.86. The number of aryl methyl sites for hydroxylation is 2. The second-order valence-electron chi connectivity index (χ2n) is 6.65. The summed E-state index contributed by atoms with van der Waals surface area (Å²) in [7, 11) is 0. The van der Waals surface area contributed by atoms with Crippen molar-refractivity contribution < 1.29 is 4.79 Å². The van der Waals surface area contributed by atoms with Crippen LogP contribution in [0.4, 0.5) is 0 Å². The SMILES string of the molecule is CCc1c(C(=O)c2cc(C)cc(C)n2)n(Cc2cccc(C#N)n2)c(=O)[nH]c1=O. The Labute approximate surface area is 166 Å². The van der Waals surface area contributed by atoms with Crippen molar-refractivity contribution in [1.82, 2.24) is 19.5 Å². The predicted octanol–water partition coefficient (Wildman–Crippen LogP) is 1.66. The van der Waals surface area contributed by atoms with Crippen LogP contribution in [0.15, 0.2) is 39.9 Å². The normalized spacial score (nSPS) is 10.6. The first-order valence-corrected chi connectivity index (χ1v) is 9.06. The number of H-pyrrole nitrogens is 1. The molecule has 3 rings (SSSR count). The third-order valence-corrected chi connectivity index (χ3v) is 4.44. The molecule has 0 unspecified atom stereocenters. The molecule has 0 saturated heterocycles. The van der Waals surface area contributed by atoms with Gasteiger partial charge in [-0.15, -0.1) is 0 Å². The maximum absolute atomic E-state index is 13.3. The first-order chi connectivity index (χ1) is 13.8. The Morgan fingerprint density at radius 1 is 1.21 bits per heavy atom. The highest BCUT2D eigenvalue weighted by atomic mass is 16.2. The summed E-state index contributed by atoms with van der Waals surface area (Å²) in [5.74, 6) is -0.506. The molecule has 0 atom stereocenters. The molecule has 3 heterocycles. The van der Waals surface area contributed by atoms with Gasteiger partial charge in [-0.2, -0.15) is 5.26 Å². The molecule has 0 spiro atoms. The molecular weight excluding hydrogens is 370 g/mol. The summed E-state index contributed by atoms with van der Waals surface area (Å²) in [6.45, 7) is 5.28. The number of nitrogens with one attached hydrogen (secondary N) is 1. The summed E-state index contributed by atoms with van der Waals surface area (Å²) in [6, 6.07) is 10.2. The Morgan fingerprint density at radius 3 is 2.62 bits per heavy atom. The number of nitriles is 1. The highest BCUT2D eigenvalue weighted by Crippen LogP contribution is 2.14. The molecule has 0 amide bonds. The number of pyridine rings is 2. The van der Waals surface area contributed by atoms with Crippen LogP contribution in [-0.4, -0.2) is 25.3 Å². The fraction of sp³-hybridized carbons (Fsp3) is 0.238. The molecule has 0 fully saturated rings. The number of carbonyl (C=O) groups is 1. The monoisotopic (exact) mass is 389 g/mol. The van der Waals surface area contributed by atoms with Gasteiger partial charge >= 0.3 is 5.69 Å². The van der Waals surface area contributed by atoms with Crippen LogP contribution in [0.3, 0.4) is 0 Å². The van der Waals surface area contributed by atoms with Gasteiger partial charge in [-0.25, -0.2) is 14.8 Å². The van der Waals surface area contributed by atoms with Gasteiger partial charge in [0.05, 0.1) is 12.2 Å². The van der Waals surface area contributed by atoms with E-state index in [1.165, 1.54) is 4.57 Å². The summed E-state index contributed by atoms with van der Waals surface area (Å²) in [5.41, 5.74) is 1.16. The van der Waals surface area contributed by atoms with Gasteiger partial charge in [-0.3, -0.25) is 19.1 Å². The molecule has 8 heteroatoms. The van der Waals surface area contributed by atoms with E-state index in [0.29, 0.717) is 11.4 Å². The minimum Gasteiger partial charge on any atom is -0.285 e. The topological polar surface area (TPSA) is 121 Å². The highest BCUT2D eigenvalue weighted by Gasteiger charge is 2.23. The molecule has 0 aliphatic rings. The molecule has 1 N–H and O–H groups in total. The number of hydrogen-bond acceptors (Lipinski definition) is 6. The van der Waals surface area contributed by atoms with Gasteiger partial charge in [-0.05, 0) is 50.1 Å². The van der Waals surface area contributed by atoms with Gasteiger partial charge in [0, 0.05) is 11.3 Å². The number of rotatable bonds is 5. The summed E-state index contributed by atoms with van der Waals surface area (Å²) in [6.07, 6.45) is 0.257. The molecule has 0 aliphatic carbocycles. The van der Waals surface area contributed by atoms with Crippen molar-refractivity contribution in [1.29, 1.82) is 5.26 Å². The molecule has 0 aliphatic heterocycles. The molecule has 0 radical (unpaired) electrons. The van der Waals surface area contributed by atoms with E-state index in [2.05, 4.69) is 15.0 Å². The van der Waals surface area contributed by atoms with Gasteiger partial charge < -0.3 is 0 Å². The van der Waals surface area contributed by atoms with Crippen molar-refractivity contribution in [2.45, 2.75) is 33.7 Å². The fourth-order valence-electron chi connectivity index (χ4n) is 3.22. The van der Waals surface area contributed by atoms with Crippen molar-refractivity contribution in [3.8, 4) is 6.07 Å². The molecule has 3 aromatic rings. The van der Waals surface area contributed by atoms with E-state index in [0.717, 1.165) is 5.56 Å². The molecular formula is C21H19N5O3. The zero-order valence-electron chi connectivity index (χ0n) is 16.3. The molecule has 8 nitrogen and oxygen atoms in total. The van der Waals surface area contributed by atoms with Gasteiger partial charge in [0.15, 0.2) is 0 Å². The maximum atomic E-state index is 13.3. The van der Waals surface area contributed by atoms with E-state index in [4.69, 9.17) is 5.26 Å². The first kappa shape index (κ1) is 19.9. The van der Waals surface area contributed by atoms with Crippen molar-refractivity contribution in [3.63, 3.8) is 0 Å². The van der Waals surface area contributed by atoms with Gasteiger partial charge in [0.1, 0.15) is 23.2 Å². The number of aromatic amines is 1. The summed E-state index contributed by atoms with van der Waals surface area (Å²) >= 11 is 0. The third-order valence-electron chi connectivity index (χ3n) is 4.44. The maximum Gasteiger partial charge on any atom is 0.329 e. The minimum atomic E-state index is -0.718. The van der Waals surface area contributed by atoms with Gasteiger partial charge in [0.25, 0.3) is 5.56 Å². The Bertz CT molecular complexity index is 1240. The van der Waals surface area contributed by atoms with E-state index in [9.17, 15) is 14.4 Å². The number of carbonyl (C=O) groups excluding carboxylic acids is 1. The van der Waals surface area contributed by atoms with Gasteiger partial charge in [0.2, 0.25) is 5.78 Å². The highest BCUT2D eigenvalue weighted by molar-refractivity contribution is 6.07. The number of nitrogens with zero attached hydrogens (tertiary/aromatic N) is 4. The average molecular weight is 389 g/mol. The van der Waals surface area contributed by atoms with Crippen LogP contribution in [0.2, 0.25) is 0 Å². The van der Waals surface area contributed by atoms with Crippen molar-refractivity contribution in [2.24, 2.45) is 0 Å². The van der Waals surface area contributed by atoms with Crippen molar-refractivity contribution in [3.05, 3.63) is 90.8 Å². The van der Waals surface area contributed by atoms with Crippen LogP contribution in [-0.2, 0) is 13.0 Å². The van der Waals surface area contributed by atoms with E-state index in [1.807, 2.05) is 19.1 Å². The van der Waals surface area contributed by atoms with Crippen LogP contribution in [0.5, 0.6) is 0 Å². The predicted molar refractivity (Wildman–Crippen MR) is 106 cm³/mol. The molecule has 3 aromatic heterocycles. The number of ketones is 1. The van der Waals surface area contributed by atoms with Crippen LogP contribution in [0.1, 0.15) is 51.3 Å². The van der Waals surface area contributed by atoms with Crippen LogP contribution in [0.25, 0.3) is 0 Å². The van der Waals surface area contributed by atoms with Crippen LogP contribution < -0.4 is 11.2 Å². The zero-order chi connectivity index (χ0) is 21.1. The molecule has 0 bridgehead atoms. The van der Waals surface area contributed by atoms with E-state index >= 15 is 0 Å². The third kappa shape index (κ3) is 4.04. The second-order valence-corrected chi connectivity index (χ2v) is 6.65. The average Bonchev–Trinajstić information content (AvgIpc) is 2.68. The lowest BCUT2D eigenvalue weighted by molar-refractivity contribution is 0.102. The van der Waals surface area contributed by atoms with E-state index < -0.39 is 17.0 Å². The Balaban J connectivity index is 2.23. The summed E-state index contributed by atoms with van der Waals surface area (Å²) < 4.78 is 1.19. The van der Waals surface area contributed by atoms with Crippen molar-refractivity contribution >= 4 is 5.78 Å². The van der Waals surface area contributed by atoms with E-state index in [1.54, 1.807) is 38.1 Å². The van der Waals surface area contributed by atoms with Crippen LogP contribution >= 0.6 is 0 Å². The van der Waals surface area contributed by atoms with Gasteiger partial charge in [-0.1, -0.05) is 13.0 Å². The first-order valence-electron chi connectivity index (χ1n) is 9.06.